The van der Waals surface area contributed by atoms with E-state index in [0.717, 1.165) is 12.8 Å². The molecule has 1 aliphatic rings. The molecule has 1 aliphatic heterocycles. The third-order valence-electron chi connectivity index (χ3n) is 3.61. The van der Waals surface area contributed by atoms with E-state index >= 15 is 0 Å². The summed E-state index contributed by atoms with van der Waals surface area (Å²) in [6, 6.07) is 2.65. The van der Waals surface area contributed by atoms with Crippen molar-refractivity contribution in [3.8, 4) is 0 Å². The lowest BCUT2D eigenvalue weighted by atomic mass is 10.0. The number of urea groups is 1. The summed E-state index contributed by atoms with van der Waals surface area (Å²) in [6.07, 6.45) is 3.80. The SMILES string of the molecule is CCN(Cc1ccco1)C(=O)N1CCCCC1C(=O)O. The van der Waals surface area contributed by atoms with Gasteiger partial charge in [0.25, 0.3) is 0 Å². The number of carboxylic acids is 1. The second-order valence-electron chi connectivity index (χ2n) is 4.92. The minimum atomic E-state index is -0.924. The van der Waals surface area contributed by atoms with Crippen LogP contribution in [-0.2, 0) is 11.3 Å². The van der Waals surface area contributed by atoms with Crippen molar-refractivity contribution >= 4 is 12.0 Å². The summed E-state index contributed by atoms with van der Waals surface area (Å²) in [5, 5.41) is 9.24. The lowest BCUT2D eigenvalue weighted by Gasteiger charge is -2.36. The molecule has 1 N–H and O–H groups in total. The molecule has 1 unspecified atom stereocenters. The average molecular weight is 280 g/mol. The second kappa shape index (κ2) is 6.45. The van der Waals surface area contributed by atoms with Crippen LogP contribution >= 0.6 is 0 Å². The van der Waals surface area contributed by atoms with E-state index in [4.69, 9.17) is 4.42 Å². The van der Waals surface area contributed by atoms with Crippen molar-refractivity contribution in [3.63, 3.8) is 0 Å². The van der Waals surface area contributed by atoms with Crippen molar-refractivity contribution in [2.45, 2.75) is 38.8 Å². The maximum absolute atomic E-state index is 12.5. The fraction of sp³-hybridized carbons (Fsp3) is 0.571. The molecule has 6 heteroatoms. The first-order chi connectivity index (χ1) is 9.63. The smallest absolute Gasteiger partial charge is 0.326 e. The van der Waals surface area contributed by atoms with E-state index in [0.29, 0.717) is 31.8 Å². The molecule has 0 spiro atoms. The lowest BCUT2D eigenvalue weighted by Crippen LogP contribution is -2.52. The number of carboxylic acid groups (broad SMARTS) is 1. The fourth-order valence-electron chi connectivity index (χ4n) is 2.50. The highest BCUT2D eigenvalue weighted by Crippen LogP contribution is 2.20. The summed E-state index contributed by atoms with van der Waals surface area (Å²) in [4.78, 5) is 26.9. The summed E-state index contributed by atoms with van der Waals surface area (Å²) in [7, 11) is 0. The zero-order chi connectivity index (χ0) is 14.5. The summed E-state index contributed by atoms with van der Waals surface area (Å²) >= 11 is 0. The van der Waals surface area contributed by atoms with Crippen LogP contribution in [0.15, 0.2) is 22.8 Å². The van der Waals surface area contributed by atoms with Crippen molar-refractivity contribution in [1.29, 1.82) is 0 Å². The Morgan fingerprint density at radius 3 is 2.90 bits per heavy atom. The topological polar surface area (TPSA) is 74.0 Å². The van der Waals surface area contributed by atoms with Gasteiger partial charge in [-0.15, -0.1) is 0 Å². The monoisotopic (exact) mass is 280 g/mol. The van der Waals surface area contributed by atoms with Crippen molar-refractivity contribution in [3.05, 3.63) is 24.2 Å². The number of furan rings is 1. The Kier molecular flexibility index (Phi) is 4.65. The number of aliphatic carboxylic acids is 1. The normalized spacial score (nSPS) is 18.9. The van der Waals surface area contributed by atoms with Crippen molar-refractivity contribution in [1.82, 2.24) is 9.80 Å². The van der Waals surface area contributed by atoms with Crippen LogP contribution < -0.4 is 0 Å². The zero-order valence-corrected chi connectivity index (χ0v) is 11.6. The third-order valence-corrected chi connectivity index (χ3v) is 3.61. The summed E-state index contributed by atoms with van der Waals surface area (Å²) in [5.41, 5.74) is 0. The first-order valence-electron chi connectivity index (χ1n) is 6.94. The summed E-state index contributed by atoms with van der Waals surface area (Å²) in [5.74, 6) is -0.226. The molecule has 2 rings (SSSR count). The molecule has 0 bridgehead atoms. The molecule has 20 heavy (non-hydrogen) atoms. The highest BCUT2D eigenvalue weighted by molar-refractivity contribution is 5.82. The largest absolute Gasteiger partial charge is 0.480 e. The molecule has 2 amide bonds. The van der Waals surface area contributed by atoms with Gasteiger partial charge in [-0.05, 0) is 38.3 Å². The van der Waals surface area contributed by atoms with Gasteiger partial charge in [0, 0.05) is 13.1 Å². The summed E-state index contributed by atoms with van der Waals surface area (Å²) in [6.45, 7) is 3.26. The van der Waals surface area contributed by atoms with E-state index in [9.17, 15) is 14.7 Å². The molecule has 6 nitrogen and oxygen atoms in total. The van der Waals surface area contributed by atoms with Crippen LogP contribution in [0, 0.1) is 0 Å². The predicted octanol–water partition coefficient (Wildman–Crippen LogP) is 2.16. The van der Waals surface area contributed by atoms with Crippen LogP contribution in [0.4, 0.5) is 4.79 Å². The van der Waals surface area contributed by atoms with Crippen LogP contribution in [-0.4, -0.2) is 46.0 Å². The third kappa shape index (κ3) is 3.12. The maximum Gasteiger partial charge on any atom is 0.326 e. The number of rotatable bonds is 4. The van der Waals surface area contributed by atoms with E-state index < -0.39 is 12.0 Å². The van der Waals surface area contributed by atoms with Gasteiger partial charge in [0.05, 0.1) is 12.8 Å². The van der Waals surface area contributed by atoms with E-state index in [1.807, 2.05) is 6.92 Å². The number of nitrogens with zero attached hydrogens (tertiary/aromatic N) is 2. The maximum atomic E-state index is 12.5. The minimum absolute atomic E-state index is 0.226. The number of hydrogen-bond acceptors (Lipinski definition) is 3. The molecule has 1 aromatic rings. The number of piperidine rings is 1. The number of hydrogen-bond donors (Lipinski definition) is 1. The molecule has 1 fully saturated rings. The Morgan fingerprint density at radius 1 is 1.50 bits per heavy atom. The Morgan fingerprint density at radius 2 is 2.30 bits per heavy atom. The van der Waals surface area contributed by atoms with Gasteiger partial charge in [-0.25, -0.2) is 9.59 Å². The number of carbonyl (C=O) groups is 2. The molecular formula is C14H20N2O4. The van der Waals surface area contributed by atoms with E-state index in [1.165, 1.54) is 4.90 Å². The second-order valence-corrected chi connectivity index (χ2v) is 4.92. The molecule has 0 aromatic carbocycles. The first kappa shape index (κ1) is 14.4. The quantitative estimate of drug-likeness (QED) is 0.917. The van der Waals surface area contributed by atoms with Crippen molar-refractivity contribution in [2.24, 2.45) is 0 Å². The first-order valence-corrected chi connectivity index (χ1v) is 6.94. The Hall–Kier alpha value is -1.98. The minimum Gasteiger partial charge on any atom is -0.480 e. The van der Waals surface area contributed by atoms with Gasteiger partial charge < -0.3 is 19.3 Å². The highest BCUT2D eigenvalue weighted by Gasteiger charge is 2.34. The van der Waals surface area contributed by atoms with Crippen LogP contribution in [0.25, 0.3) is 0 Å². The molecule has 0 radical (unpaired) electrons. The van der Waals surface area contributed by atoms with Crippen LogP contribution in [0.5, 0.6) is 0 Å². The molecule has 1 saturated heterocycles. The van der Waals surface area contributed by atoms with Gasteiger partial charge in [0.2, 0.25) is 0 Å². The molecular weight excluding hydrogens is 260 g/mol. The molecule has 0 aliphatic carbocycles. The average Bonchev–Trinajstić information content (AvgIpc) is 2.97. The highest BCUT2D eigenvalue weighted by atomic mass is 16.4. The van der Waals surface area contributed by atoms with E-state index in [-0.39, 0.29) is 6.03 Å². The molecule has 0 saturated carbocycles. The molecule has 1 aromatic heterocycles. The van der Waals surface area contributed by atoms with Gasteiger partial charge in [0.1, 0.15) is 11.8 Å². The Bertz CT molecular complexity index is 458. The van der Waals surface area contributed by atoms with Gasteiger partial charge in [-0.3, -0.25) is 0 Å². The zero-order valence-electron chi connectivity index (χ0n) is 11.6. The van der Waals surface area contributed by atoms with E-state index in [1.54, 1.807) is 23.3 Å². The summed E-state index contributed by atoms with van der Waals surface area (Å²) < 4.78 is 5.25. The lowest BCUT2D eigenvalue weighted by molar-refractivity contribution is -0.143. The fourth-order valence-corrected chi connectivity index (χ4v) is 2.50. The van der Waals surface area contributed by atoms with Crippen LogP contribution in [0.1, 0.15) is 31.9 Å². The number of amides is 2. The van der Waals surface area contributed by atoms with Crippen LogP contribution in [0.2, 0.25) is 0 Å². The molecule has 110 valence electrons. The predicted molar refractivity (Wildman–Crippen MR) is 72.2 cm³/mol. The molecule has 1 atom stereocenters. The van der Waals surface area contributed by atoms with Crippen molar-refractivity contribution < 1.29 is 19.1 Å². The van der Waals surface area contributed by atoms with E-state index in [2.05, 4.69) is 0 Å². The van der Waals surface area contributed by atoms with Gasteiger partial charge in [-0.2, -0.15) is 0 Å². The van der Waals surface area contributed by atoms with Crippen LogP contribution in [0.3, 0.4) is 0 Å². The van der Waals surface area contributed by atoms with Crippen molar-refractivity contribution in [2.75, 3.05) is 13.1 Å². The number of likely N-dealkylation sites (tertiary alicyclic amines) is 1. The Balaban J connectivity index is 2.08. The van der Waals surface area contributed by atoms with Gasteiger partial charge >= 0.3 is 12.0 Å². The van der Waals surface area contributed by atoms with Gasteiger partial charge in [0.15, 0.2) is 0 Å². The standard InChI is InChI=1S/C14H20N2O4/c1-2-15(10-11-6-5-9-20-11)14(19)16-8-4-3-7-12(16)13(17)18/h5-6,9,12H,2-4,7-8,10H2,1H3,(H,17,18). The Labute approximate surface area is 118 Å². The van der Waals surface area contributed by atoms with Gasteiger partial charge in [-0.1, -0.05) is 0 Å². The molecule has 2 heterocycles. The number of carbonyl (C=O) groups excluding carboxylic acids is 1.